The molecule has 1 aromatic heterocycles. The molecule has 0 saturated heterocycles. The summed E-state index contributed by atoms with van der Waals surface area (Å²) in [6.07, 6.45) is 0. The van der Waals surface area contributed by atoms with Gasteiger partial charge in [0.2, 0.25) is 5.91 Å². The van der Waals surface area contributed by atoms with E-state index in [1.54, 1.807) is 73.8 Å². The topological polar surface area (TPSA) is 99.4 Å². The van der Waals surface area contributed by atoms with Crippen molar-refractivity contribution in [1.82, 2.24) is 9.13 Å². The van der Waals surface area contributed by atoms with E-state index in [1.165, 1.54) is 17.6 Å². The quantitative estimate of drug-likeness (QED) is 0.462. The lowest BCUT2D eigenvalue weighted by Gasteiger charge is -2.14. The first-order chi connectivity index (χ1) is 15.9. The number of para-hydroxylation sites is 1. The summed E-state index contributed by atoms with van der Waals surface area (Å²) >= 11 is 0. The first-order valence-corrected chi connectivity index (χ1v) is 10.2. The molecule has 0 bridgehead atoms. The smallest absolute Gasteiger partial charge is 0.336 e. The van der Waals surface area contributed by atoms with E-state index in [2.05, 4.69) is 5.32 Å². The summed E-state index contributed by atoms with van der Waals surface area (Å²) in [6.45, 7) is 1.10. The fourth-order valence-electron chi connectivity index (χ4n) is 3.58. The fraction of sp³-hybridized carbons (Fsp3) is 0.120. The van der Waals surface area contributed by atoms with Gasteiger partial charge in [0.05, 0.1) is 23.7 Å². The van der Waals surface area contributed by atoms with E-state index in [0.29, 0.717) is 22.5 Å². The van der Waals surface area contributed by atoms with Crippen molar-refractivity contribution in [1.29, 1.82) is 0 Å². The van der Waals surface area contributed by atoms with Gasteiger partial charge in [-0.2, -0.15) is 0 Å². The van der Waals surface area contributed by atoms with Gasteiger partial charge in [0.15, 0.2) is 5.78 Å². The molecular weight excluding hydrogens is 422 g/mol. The van der Waals surface area contributed by atoms with Crippen molar-refractivity contribution in [3.63, 3.8) is 0 Å². The van der Waals surface area contributed by atoms with Crippen molar-refractivity contribution < 1.29 is 14.3 Å². The van der Waals surface area contributed by atoms with Gasteiger partial charge in [0.1, 0.15) is 12.3 Å². The predicted molar refractivity (Wildman–Crippen MR) is 125 cm³/mol. The lowest BCUT2D eigenvalue weighted by Crippen LogP contribution is -2.40. The van der Waals surface area contributed by atoms with Crippen LogP contribution in [-0.4, -0.2) is 27.9 Å². The molecule has 0 aliphatic carbocycles. The third kappa shape index (κ3) is 4.31. The second-order valence-corrected chi connectivity index (χ2v) is 7.41. The summed E-state index contributed by atoms with van der Waals surface area (Å²) in [6, 6.07) is 19.7. The van der Waals surface area contributed by atoms with Crippen LogP contribution in [0, 0.1) is 0 Å². The SMILES string of the molecule is COc1ccc(NC(=O)Cn2c(=O)n(-c3cccc(C(C)=O)c3)c(=O)c3ccccc32)cc1. The first-order valence-electron chi connectivity index (χ1n) is 10.2. The van der Waals surface area contributed by atoms with Crippen molar-refractivity contribution >= 4 is 28.3 Å². The van der Waals surface area contributed by atoms with Crippen LogP contribution in [0.3, 0.4) is 0 Å². The number of aromatic nitrogens is 2. The number of fused-ring (bicyclic) bond motifs is 1. The Morgan fingerprint density at radius 2 is 1.67 bits per heavy atom. The van der Waals surface area contributed by atoms with Gasteiger partial charge < -0.3 is 10.1 Å². The minimum atomic E-state index is -0.677. The number of hydrogen-bond acceptors (Lipinski definition) is 5. The van der Waals surface area contributed by atoms with Gasteiger partial charge in [-0.25, -0.2) is 9.36 Å². The van der Waals surface area contributed by atoms with E-state index in [4.69, 9.17) is 4.74 Å². The molecule has 166 valence electrons. The highest BCUT2D eigenvalue weighted by molar-refractivity contribution is 5.94. The fourth-order valence-corrected chi connectivity index (χ4v) is 3.58. The molecule has 8 heteroatoms. The van der Waals surface area contributed by atoms with Crippen LogP contribution >= 0.6 is 0 Å². The van der Waals surface area contributed by atoms with Crippen molar-refractivity contribution in [2.45, 2.75) is 13.5 Å². The molecule has 0 atom stereocenters. The Bertz CT molecular complexity index is 1480. The van der Waals surface area contributed by atoms with Crippen molar-refractivity contribution in [3.8, 4) is 11.4 Å². The summed E-state index contributed by atoms with van der Waals surface area (Å²) in [7, 11) is 1.55. The molecule has 1 amide bonds. The van der Waals surface area contributed by atoms with Gasteiger partial charge in [0.25, 0.3) is 5.56 Å². The third-order valence-corrected chi connectivity index (χ3v) is 5.24. The number of rotatable bonds is 6. The molecule has 0 aliphatic rings. The summed E-state index contributed by atoms with van der Waals surface area (Å²) < 4.78 is 7.34. The van der Waals surface area contributed by atoms with E-state index in [0.717, 1.165) is 4.57 Å². The number of carbonyl (C=O) groups excluding carboxylic acids is 2. The average Bonchev–Trinajstić information content (AvgIpc) is 2.82. The van der Waals surface area contributed by atoms with Gasteiger partial charge in [-0.1, -0.05) is 24.3 Å². The Kier molecular flexibility index (Phi) is 5.91. The van der Waals surface area contributed by atoms with Crippen LogP contribution in [-0.2, 0) is 11.3 Å². The highest BCUT2D eigenvalue weighted by Crippen LogP contribution is 2.16. The Labute approximate surface area is 188 Å². The first kappa shape index (κ1) is 21.8. The maximum atomic E-state index is 13.4. The summed E-state index contributed by atoms with van der Waals surface area (Å²) in [4.78, 5) is 51.2. The molecule has 4 rings (SSSR count). The van der Waals surface area contributed by atoms with Crippen molar-refractivity contribution in [3.05, 3.63) is 99.2 Å². The van der Waals surface area contributed by atoms with Crippen LogP contribution in [0.4, 0.5) is 5.69 Å². The zero-order chi connectivity index (χ0) is 23.5. The zero-order valence-electron chi connectivity index (χ0n) is 18.1. The maximum Gasteiger partial charge on any atom is 0.336 e. The molecule has 33 heavy (non-hydrogen) atoms. The van der Waals surface area contributed by atoms with Gasteiger partial charge in [0, 0.05) is 11.3 Å². The molecule has 1 heterocycles. The van der Waals surface area contributed by atoms with Crippen LogP contribution < -0.4 is 21.3 Å². The van der Waals surface area contributed by atoms with Crippen LogP contribution in [0.2, 0.25) is 0 Å². The molecule has 0 spiro atoms. The summed E-state index contributed by atoms with van der Waals surface area (Å²) in [5.74, 6) is 0.0232. The van der Waals surface area contributed by atoms with E-state index < -0.39 is 17.2 Å². The van der Waals surface area contributed by atoms with E-state index in [-0.39, 0.29) is 23.4 Å². The lowest BCUT2D eigenvalue weighted by atomic mass is 10.1. The van der Waals surface area contributed by atoms with Crippen molar-refractivity contribution in [2.75, 3.05) is 12.4 Å². The monoisotopic (exact) mass is 443 g/mol. The Hall–Kier alpha value is -4.46. The number of nitrogens with zero attached hydrogens (tertiary/aromatic N) is 2. The highest BCUT2D eigenvalue weighted by atomic mass is 16.5. The summed E-state index contributed by atoms with van der Waals surface area (Å²) in [5, 5.41) is 3.03. The number of benzene rings is 3. The molecule has 4 aromatic rings. The summed E-state index contributed by atoms with van der Waals surface area (Å²) in [5.41, 5.74) is 0.313. The molecular formula is C25H21N3O5. The maximum absolute atomic E-state index is 13.4. The van der Waals surface area contributed by atoms with Gasteiger partial charge >= 0.3 is 5.69 Å². The van der Waals surface area contributed by atoms with Crippen LogP contribution in [0.25, 0.3) is 16.6 Å². The molecule has 1 N–H and O–H groups in total. The number of hydrogen-bond donors (Lipinski definition) is 1. The molecule has 0 fully saturated rings. The minimum Gasteiger partial charge on any atom is -0.497 e. The molecule has 0 aliphatic heterocycles. The number of carbonyl (C=O) groups is 2. The van der Waals surface area contributed by atoms with Crippen LogP contribution in [0.5, 0.6) is 5.75 Å². The number of anilines is 1. The molecule has 8 nitrogen and oxygen atoms in total. The number of Topliss-reactive ketones (excluding diaryl/α,β-unsaturated/α-hetero) is 1. The predicted octanol–water partition coefficient (Wildman–Crippen LogP) is 3.00. The van der Waals surface area contributed by atoms with Gasteiger partial charge in [-0.15, -0.1) is 0 Å². The number of ketones is 1. The second kappa shape index (κ2) is 8.96. The number of methoxy groups -OCH3 is 1. The molecule has 0 radical (unpaired) electrons. The minimum absolute atomic E-state index is 0.190. The van der Waals surface area contributed by atoms with Crippen molar-refractivity contribution in [2.24, 2.45) is 0 Å². The van der Waals surface area contributed by atoms with Crippen LogP contribution in [0.15, 0.2) is 82.4 Å². The number of nitrogens with one attached hydrogen (secondary N) is 1. The van der Waals surface area contributed by atoms with E-state index in [1.807, 2.05) is 0 Å². The lowest BCUT2D eigenvalue weighted by molar-refractivity contribution is -0.116. The van der Waals surface area contributed by atoms with Crippen LogP contribution in [0.1, 0.15) is 17.3 Å². The molecule has 0 unspecified atom stereocenters. The third-order valence-electron chi connectivity index (χ3n) is 5.24. The van der Waals surface area contributed by atoms with Gasteiger partial charge in [-0.3, -0.25) is 19.0 Å². The second-order valence-electron chi connectivity index (χ2n) is 7.41. The molecule has 3 aromatic carbocycles. The standard InChI is InChI=1S/C25H21N3O5/c1-16(29)17-6-5-7-19(14-17)28-24(31)21-8-3-4-9-22(21)27(25(28)32)15-23(30)26-18-10-12-20(33-2)13-11-18/h3-14H,15H2,1-2H3,(H,26,30). The number of ether oxygens (including phenoxy) is 1. The Balaban J connectivity index is 1.80. The Morgan fingerprint density at radius 3 is 2.36 bits per heavy atom. The Morgan fingerprint density at radius 1 is 0.939 bits per heavy atom. The zero-order valence-corrected chi connectivity index (χ0v) is 18.1. The van der Waals surface area contributed by atoms with E-state index in [9.17, 15) is 19.2 Å². The largest absolute Gasteiger partial charge is 0.497 e. The van der Waals surface area contributed by atoms with E-state index >= 15 is 0 Å². The normalized spacial score (nSPS) is 10.7. The average molecular weight is 443 g/mol. The highest BCUT2D eigenvalue weighted by Gasteiger charge is 2.17. The molecule has 0 saturated carbocycles. The van der Waals surface area contributed by atoms with Gasteiger partial charge in [-0.05, 0) is 55.5 Å². The number of amides is 1.